The first-order valence-corrected chi connectivity index (χ1v) is 14.2. The van der Waals surface area contributed by atoms with E-state index < -0.39 is 39.9 Å². The molecule has 10 nitrogen and oxygen atoms in total. The Kier molecular flexibility index (Phi) is 8.70. The van der Waals surface area contributed by atoms with Crippen LogP contribution in [0.5, 0.6) is 0 Å². The van der Waals surface area contributed by atoms with Gasteiger partial charge in [0, 0.05) is 39.3 Å². The fourth-order valence-electron chi connectivity index (χ4n) is 5.21. The van der Waals surface area contributed by atoms with E-state index in [0.717, 1.165) is 0 Å². The van der Waals surface area contributed by atoms with E-state index in [1.165, 1.54) is 25.6 Å². The Morgan fingerprint density at radius 3 is 2.59 bits per heavy atom. The zero-order valence-electron chi connectivity index (χ0n) is 20.4. The molecule has 3 saturated heterocycles. The number of nitriles is 1. The van der Waals surface area contributed by atoms with Crippen molar-refractivity contribution in [3.8, 4) is 6.07 Å². The molecular formula is C24H31ClFN5O5S. The van der Waals surface area contributed by atoms with Crippen molar-refractivity contribution in [2.24, 2.45) is 11.8 Å². The first kappa shape index (κ1) is 27.7. The number of carbonyl (C=O) groups is 2. The molecule has 1 aromatic rings. The molecule has 3 aliphatic rings. The number of aliphatic hydroxyl groups excluding tert-OH is 1. The Labute approximate surface area is 221 Å². The number of benzene rings is 1. The lowest BCUT2D eigenvalue weighted by Gasteiger charge is -2.41. The molecule has 37 heavy (non-hydrogen) atoms. The summed E-state index contributed by atoms with van der Waals surface area (Å²) in [6.45, 7) is 0.822. The highest BCUT2D eigenvalue weighted by Gasteiger charge is 2.44. The number of nitrogens with zero attached hydrogens (tertiary/aromatic N) is 4. The lowest BCUT2D eigenvalue weighted by Crippen LogP contribution is -2.57. The molecule has 4 rings (SSSR count). The van der Waals surface area contributed by atoms with E-state index in [0.29, 0.717) is 44.3 Å². The molecule has 0 saturated carbocycles. The van der Waals surface area contributed by atoms with Gasteiger partial charge in [0.05, 0.1) is 29.0 Å². The van der Waals surface area contributed by atoms with Crippen LogP contribution in [0.3, 0.4) is 0 Å². The molecule has 3 heterocycles. The summed E-state index contributed by atoms with van der Waals surface area (Å²) in [5.74, 6) is -2.16. The van der Waals surface area contributed by atoms with Crippen LogP contribution < -0.4 is 5.32 Å². The average molecular weight is 556 g/mol. The third-order valence-corrected chi connectivity index (χ3v) is 9.58. The zero-order chi connectivity index (χ0) is 26.7. The second-order valence-corrected chi connectivity index (χ2v) is 12.1. The van der Waals surface area contributed by atoms with Crippen LogP contribution in [0.1, 0.15) is 43.7 Å². The maximum absolute atomic E-state index is 14.0. The van der Waals surface area contributed by atoms with Gasteiger partial charge >= 0.3 is 0 Å². The summed E-state index contributed by atoms with van der Waals surface area (Å²) < 4.78 is 42.5. The van der Waals surface area contributed by atoms with Crippen LogP contribution in [-0.4, -0.2) is 84.2 Å². The molecule has 0 aliphatic carbocycles. The average Bonchev–Trinajstić information content (AvgIpc) is 3.34. The highest BCUT2D eigenvalue weighted by molar-refractivity contribution is 7.86. The fourth-order valence-corrected chi connectivity index (χ4v) is 7.12. The van der Waals surface area contributed by atoms with Gasteiger partial charge < -0.3 is 15.3 Å². The van der Waals surface area contributed by atoms with Gasteiger partial charge in [0.1, 0.15) is 11.9 Å². The number of hydrogen-bond acceptors (Lipinski definition) is 6. The number of amides is 2. The lowest BCUT2D eigenvalue weighted by atomic mass is 9.97. The third kappa shape index (κ3) is 5.91. The summed E-state index contributed by atoms with van der Waals surface area (Å²) in [5.41, 5.74) is 0.456. The molecule has 13 heteroatoms. The Hall–Kier alpha value is -2.30. The van der Waals surface area contributed by atoms with Crippen LogP contribution in [0.4, 0.5) is 4.39 Å². The molecule has 0 bridgehead atoms. The topological polar surface area (TPSA) is 134 Å². The quantitative estimate of drug-likeness (QED) is 0.498. The molecule has 0 aromatic heterocycles. The van der Waals surface area contributed by atoms with Gasteiger partial charge in [-0.05, 0) is 49.8 Å². The first-order chi connectivity index (χ1) is 17.6. The fraction of sp³-hybridized carbons (Fsp3) is 0.625. The van der Waals surface area contributed by atoms with Crippen molar-refractivity contribution >= 4 is 33.6 Å². The molecule has 202 valence electrons. The van der Waals surface area contributed by atoms with E-state index in [4.69, 9.17) is 16.9 Å². The minimum Gasteiger partial charge on any atom is -0.396 e. The van der Waals surface area contributed by atoms with Gasteiger partial charge in [0.15, 0.2) is 0 Å². The summed E-state index contributed by atoms with van der Waals surface area (Å²) in [4.78, 5) is 28.2. The van der Waals surface area contributed by atoms with Crippen molar-refractivity contribution in [1.29, 1.82) is 5.26 Å². The van der Waals surface area contributed by atoms with Crippen molar-refractivity contribution in [2.45, 2.75) is 44.2 Å². The van der Waals surface area contributed by atoms with E-state index >= 15 is 0 Å². The predicted octanol–water partition coefficient (Wildman–Crippen LogP) is 1.42. The van der Waals surface area contributed by atoms with Crippen LogP contribution in [0.25, 0.3) is 0 Å². The lowest BCUT2D eigenvalue weighted by molar-refractivity contribution is -0.142. The van der Waals surface area contributed by atoms with Crippen LogP contribution >= 0.6 is 11.6 Å². The maximum atomic E-state index is 14.0. The number of nitrogens with one attached hydrogen (secondary N) is 1. The monoisotopic (exact) mass is 555 g/mol. The molecule has 3 fully saturated rings. The molecule has 0 unspecified atom stereocenters. The minimum absolute atomic E-state index is 0.0386. The van der Waals surface area contributed by atoms with Crippen molar-refractivity contribution in [3.63, 3.8) is 0 Å². The smallest absolute Gasteiger partial charge is 0.282 e. The summed E-state index contributed by atoms with van der Waals surface area (Å²) in [6, 6.07) is 4.85. The number of aliphatic hydroxyl groups is 1. The third-order valence-electron chi connectivity index (χ3n) is 7.34. The van der Waals surface area contributed by atoms with E-state index in [2.05, 4.69) is 11.4 Å². The second kappa shape index (κ2) is 11.6. The standard InChI is InChI=1S/C24H31ClFN5O5S/c25-19-6-5-17(11-20(19)26)21(7-10-32)28-23(33)22-4-2-9-31(22)24(34)18-3-1-8-29(15-18)37(35,36)30-13-16(12-27)14-30/h5-6,11,16,18,21-22,32H,1-4,7-10,13-15H2,(H,28,33)/t18-,21+,22+/m0/s1. The van der Waals surface area contributed by atoms with Gasteiger partial charge in [0.25, 0.3) is 10.2 Å². The largest absolute Gasteiger partial charge is 0.396 e. The summed E-state index contributed by atoms with van der Waals surface area (Å²) in [7, 11) is -3.75. The Bertz CT molecular complexity index is 1170. The van der Waals surface area contributed by atoms with Gasteiger partial charge in [-0.3, -0.25) is 9.59 Å². The highest BCUT2D eigenvalue weighted by atomic mass is 35.5. The SMILES string of the molecule is N#CC1CN(S(=O)(=O)N2CCC[C@H](C(=O)N3CCC[C@@H]3C(=O)N[C@H](CCO)c3ccc(Cl)c(F)c3)C2)C1. The second-order valence-electron chi connectivity index (χ2n) is 9.78. The number of halogens is 2. The number of hydrogen-bond donors (Lipinski definition) is 2. The molecular weight excluding hydrogens is 525 g/mol. The summed E-state index contributed by atoms with van der Waals surface area (Å²) in [6.07, 6.45) is 2.29. The van der Waals surface area contributed by atoms with E-state index in [1.807, 2.05) is 0 Å². The minimum atomic E-state index is -3.75. The van der Waals surface area contributed by atoms with E-state index in [1.54, 1.807) is 6.07 Å². The summed E-state index contributed by atoms with van der Waals surface area (Å²) >= 11 is 5.77. The van der Waals surface area contributed by atoms with E-state index in [9.17, 15) is 27.5 Å². The van der Waals surface area contributed by atoms with Gasteiger partial charge in [-0.1, -0.05) is 17.7 Å². The van der Waals surface area contributed by atoms with Crippen molar-refractivity contribution < 1.29 is 27.5 Å². The molecule has 2 N–H and O–H groups in total. The Balaban J connectivity index is 1.42. The normalized spacial score (nSPS) is 24.3. The molecule has 3 aliphatic heterocycles. The van der Waals surface area contributed by atoms with Crippen molar-refractivity contribution in [1.82, 2.24) is 18.8 Å². The van der Waals surface area contributed by atoms with Crippen LogP contribution in [0, 0.1) is 29.0 Å². The number of carbonyl (C=O) groups excluding carboxylic acids is 2. The summed E-state index contributed by atoms with van der Waals surface area (Å²) in [5, 5.41) is 21.2. The van der Waals surface area contributed by atoms with Crippen LogP contribution in [0.2, 0.25) is 5.02 Å². The van der Waals surface area contributed by atoms with Gasteiger partial charge in [-0.15, -0.1) is 0 Å². The first-order valence-electron chi connectivity index (χ1n) is 12.5. The van der Waals surface area contributed by atoms with E-state index in [-0.39, 0.29) is 49.5 Å². The van der Waals surface area contributed by atoms with Gasteiger partial charge in [-0.25, -0.2) is 4.39 Å². The van der Waals surface area contributed by atoms with Crippen molar-refractivity contribution in [3.05, 3.63) is 34.6 Å². The maximum Gasteiger partial charge on any atom is 0.282 e. The number of rotatable bonds is 8. The zero-order valence-corrected chi connectivity index (χ0v) is 21.9. The molecule has 2 amide bonds. The molecule has 0 radical (unpaired) electrons. The Morgan fingerprint density at radius 2 is 1.92 bits per heavy atom. The Morgan fingerprint density at radius 1 is 1.19 bits per heavy atom. The number of likely N-dealkylation sites (tertiary alicyclic amines) is 1. The van der Waals surface area contributed by atoms with Crippen molar-refractivity contribution in [2.75, 3.05) is 39.3 Å². The van der Waals surface area contributed by atoms with Crippen LogP contribution in [-0.2, 0) is 19.8 Å². The van der Waals surface area contributed by atoms with Gasteiger partial charge in [-0.2, -0.15) is 22.3 Å². The molecule has 1 aromatic carbocycles. The highest BCUT2D eigenvalue weighted by Crippen LogP contribution is 2.30. The van der Waals surface area contributed by atoms with Gasteiger partial charge in [0.2, 0.25) is 11.8 Å². The molecule has 3 atom stereocenters. The predicted molar refractivity (Wildman–Crippen MR) is 133 cm³/mol. The molecule has 0 spiro atoms. The number of piperidine rings is 1. The van der Waals surface area contributed by atoms with Crippen LogP contribution in [0.15, 0.2) is 18.2 Å².